The van der Waals surface area contributed by atoms with Gasteiger partial charge in [-0.05, 0) is 75.5 Å². The van der Waals surface area contributed by atoms with E-state index in [0.29, 0.717) is 40.6 Å². The number of pyridine rings is 1. The number of nitrogens with two attached hydrogens (primary N) is 1. The van der Waals surface area contributed by atoms with E-state index < -0.39 is 5.97 Å². The number of piperidine rings is 1. The van der Waals surface area contributed by atoms with Gasteiger partial charge in [0.1, 0.15) is 17.1 Å². The minimum Gasteiger partial charge on any atom is -0.497 e. The molecule has 7 nitrogen and oxygen atoms in total. The Kier molecular flexibility index (Phi) is 7.53. The lowest BCUT2D eigenvalue weighted by atomic mass is 9.97. The Balaban J connectivity index is 1.40. The summed E-state index contributed by atoms with van der Waals surface area (Å²) >= 11 is 0. The SMILES string of the molecule is CCOC(=O)c1c(C)nc2cccc(OCC3CCN(Cc4ccc(OC)cc4)CC3)c2c1N. The fourth-order valence-corrected chi connectivity index (χ4v) is 4.53. The summed E-state index contributed by atoms with van der Waals surface area (Å²) in [5.41, 5.74) is 9.69. The number of methoxy groups -OCH3 is 1. The van der Waals surface area contributed by atoms with Gasteiger partial charge < -0.3 is 19.9 Å². The van der Waals surface area contributed by atoms with Gasteiger partial charge in [-0.1, -0.05) is 18.2 Å². The Hall–Kier alpha value is -3.32. The maximum absolute atomic E-state index is 12.4. The van der Waals surface area contributed by atoms with Crippen LogP contribution in [0.3, 0.4) is 0 Å². The summed E-state index contributed by atoms with van der Waals surface area (Å²) in [6, 6.07) is 14.0. The third kappa shape index (κ3) is 5.25. The number of carbonyl (C=O) groups excluding carboxylic acids is 1. The van der Waals surface area contributed by atoms with Gasteiger partial charge in [0, 0.05) is 6.54 Å². The first-order valence-electron chi connectivity index (χ1n) is 11.8. The van der Waals surface area contributed by atoms with Gasteiger partial charge in [0.25, 0.3) is 0 Å². The van der Waals surface area contributed by atoms with E-state index >= 15 is 0 Å². The monoisotopic (exact) mass is 463 g/mol. The second-order valence-electron chi connectivity index (χ2n) is 8.74. The average molecular weight is 464 g/mol. The summed E-state index contributed by atoms with van der Waals surface area (Å²) in [7, 11) is 1.69. The number of fused-ring (bicyclic) bond motifs is 1. The number of esters is 1. The molecular weight excluding hydrogens is 430 g/mol. The van der Waals surface area contributed by atoms with Gasteiger partial charge in [-0.3, -0.25) is 9.88 Å². The van der Waals surface area contributed by atoms with E-state index in [1.54, 1.807) is 21.0 Å². The number of aromatic nitrogens is 1. The van der Waals surface area contributed by atoms with E-state index in [2.05, 4.69) is 22.0 Å². The topological polar surface area (TPSA) is 86.9 Å². The van der Waals surface area contributed by atoms with Crippen molar-refractivity contribution in [2.24, 2.45) is 5.92 Å². The molecule has 0 amide bonds. The van der Waals surface area contributed by atoms with Crippen molar-refractivity contribution in [3.63, 3.8) is 0 Å². The summed E-state index contributed by atoms with van der Waals surface area (Å²) in [5.74, 6) is 1.56. The van der Waals surface area contributed by atoms with Crippen LogP contribution in [0, 0.1) is 12.8 Å². The average Bonchev–Trinajstić information content (AvgIpc) is 2.84. The number of nitrogen functional groups attached to an aromatic ring is 1. The molecule has 180 valence electrons. The molecule has 4 rings (SSSR count). The smallest absolute Gasteiger partial charge is 0.342 e. The summed E-state index contributed by atoms with van der Waals surface area (Å²) in [4.78, 5) is 19.5. The molecule has 2 heterocycles. The molecule has 2 N–H and O–H groups in total. The van der Waals surface area contributed by atoms with Crippen molar-refractivity contribution in [1.29, 1.82) is 0 Å². The highest BCUT2D eigenvalue weighted by Gasteiger charge is 2.23. The first-order chi connectivity index (χ1) is 16.5. The van der Waals surface area contributed by atoms with E-state index in [1.807, 2.05) is 30.3 Å². The number of anilines is 1. The van der Waals surface area contributed by atoms with Crippen LogP contribution in [-0.2, 0) is 11.3 Å². The fraction of sp³-hybridized carbons (Fsp3) is 0.407. The van der Waals surface area contributed by atoms with Crippen LogP contribution in [0.25, 0.3) is 10.9 Å². The minimum absolute atomic E-state index is 0.283. The molecule has 2 aromatic carbocycles. The van der Waals surface area contributed by atoms with Crippen molar-refractivity contribution >= 4 is 22.6 Å². The van der Waals surface area contributed by atoms with Crippen LogP contribution in [-0.4, -0.2) is 49.3 Å². The predicted molar refractivity (Wildman–Crippen MR) is 133 cm³/mol. The first-order valence-corrected chi connectivity index (χ1v) is 11.8. The van der Waals surface area contributed by atoms with E-state index in [1.165, 1.54) is 5.56 Å². The van der Waals surface area contributed by atoms with Gasteiger partial charge in [0.05, 0.1) is 42.6 Å². The lowest BCUT2D eigenvalue weighted by Crippen LogP contribution is -2.35. The van der Waals surface area contributed by atoms with Crippen molar-refractivity contribution in [3.05, 3.63) is 59.3 Å². The van der Waals surface area contributed by atoms with Gasteiger partial charge in [-0.25, -0.2) is 4.79 Å². The molecule has 1 fully saturated rings. The molecule has 3 aromatic rings. The van der Waals surface area contributed by atoms with Crippen LogP contribution >= 0.6 is 0 Å². The molecule has 1 saturated heterocycles. The summed E-state index contributed by atoms with van der Waals surface area (Å²) < 4.78 is 16.7. The fourth-order valence-electron chi connectivity index (χ4n) is 4.53. The Labute approximate surface area is 200 Å². The van der Waals surface area contributed by atoms with Gasteiger partial charge >= 0.3 is 5.97 Å². The van der Waals surface area contributed by atoms with Crippen molar-refractivity contribution in [3.8, 4) is 11.5 Å². The predicted octanol–water partition coefficient (Wildman–Crippen LogP) is 4.60. The van der Waals surface area contributed by atoms with Gasteiger partial charge in [-0.2, -0.15) is 0 Å². The minimum atomic E-state index is -0.453. The molecule has 1 aliphatic heterocycles. The lowest BCUT2D eigenvalue weighted by Gasteiger charge is -2.32. The Morgan fingerprint density at radius 2 is 1.88 bits per heavy atom. The van der Waals surface area contributed by atoms with Crippen molar-refractivity contribution in [2.45, 2.75) is 33.2 Å². The molecular formula is C27H33N3O4. The number of rotatable bonds is 8. The Bertz CT molecular complexity index is 1140. The normalized spacial score (nSPS) is 14.8. The van der Waals surface area contributed by atoms with Crippen LogP contribution in [0.4, 0.5) is 5.69 Å². The molecule has 0 unspecified atom stereocenters. The number of hydrogen-bond acceptors (Lipinski definition) is 7. The molecule has 1 aliphatic rings. The summed E-state index contributed by atoms with van der Waals surface area (Å²) in [6.45, 7) is 7.45. The molecule has 0 atom stereocenters. The highest BCUT2D eigenvalue weighted by Crippen LogP contribution is 2.34. The Morgan fingerprint density at radius 3 is 2.56 bits per heavy atom. The van der Waals surface area contributed by atoms with Crippen LogP contribution in [0.5, 0.6) is 11.5 Å². The molecule has 0 saturated carbocycles. The van der Waals surface area contributed by atoms with Gasteiger partial charge in [0.15, 0.2) is 0 Å². The molecule has 7 heteroatoms. The largest absolute Gasteiger partial charge is 0.497 e. The first kappa shape index (κ1) is 23.8. The number of ether oxygens (including phenoxy) is 3. The highest BCUT2D eigenvalue weighted by molar-refractivity contribution is 6.07. The van der Waals surface area contributed by atoms with E-state index in [9.17, 15) is 4.79 Å². The summed E-state index contributed by atoms with van der Waals surface area (Å²) in [6.07, 6.45) is 2.14. The molecule has 34 heavy (non-hydrogen) atoms. The van der Waals surface area contributed by atoms with Crippen LogP contribution < -0.4 is 15.2 Å². The molecule has 0 radical (unpaired) electrons. The number of hydrogen-bond donors (Lipinski definition) is 1. The summed E-state index contributed by atoms with van der Waals surface area (Å²) in [5, 5.41) is 0.674. The number of likely N-dealkylation sites (tertiary alicyclic amines) is 1. The Morgan fingerprint density at radius 1 is 1.15 bits per heavy atom. The molecule has 0 spiro atoms. The van der Waals surface area contributed by atoms with Crippen LogP contribution in [0.1, 0.15) is 41.4 Å². The number of nitrogens with zero attached hydrogens (tertiary/aromatic N) is 2. The molecule has 0 bridgehead atoms. The third-order valence-corrected chi connectivity index (χ3v) is 6.42. The van der Waals surface area contributed by atoms with Crippen molar-refractivity contribution < 1.29 is 19.0 Å². The van der Waals surface area contributed by atoms with E-state index in [4.69, 9.17) is 19.9 Å². The number of benzene rings is 2. The lowest BCUT2D eigenvalue weighted by molar-refractivity contribution is 0.0526. The molecule has 1 aromatic heterocycles. The second-order valence-corrected chi connectivity index (χ2v) is 8.74. The number of aryl methyl sites for hydroxylation is 1. The zero-order chi connectivity index (χ0) is 24.1. The van der Waals surface area contributed by atoms with E-state index in [-0.39, 0.29) is 6.61 Å². The zero-order valence-corrected chi connectivity index (χ0v) is 20.2. The van der Waals surface area contributed by atoms with Gasteiger partial charge in [0.2, 0.25) is 0 Å². The second kappa shape index (κ2) is 10.7. The van der Waals surface area contributed by atoms with Crippen LogP contribution in [0.2, 0.25) is 0 Å². The standard InChI is InChI=1S/C27H33N3O4/c1-4-33-27(31)24-18(2)29-22-6-5-7-23(25(22)26(24)28)34-17-20-12-14-30(15-13-20)16-19-8-10-21(32-3)11-9-19/h5-11,20H,4,12-17H2,1-3H3,(H2,28,29). The molecule has 0 aliphatic carbocycles. The van der Waals surface area contributed by atoms with Crippen molar-refractivity contribution in [1.82, 2.24) is 9.88 Å². The van der Waals surface area contributed by atoms with Crippen molar-refractivity contribution in [2.75, 3.05) is 39.1 Å². The number of carbonyl (C=O) groups is 1. The maximum atomic E-state index is 12.4. The van der Waals surface area contributed by atoms with Crippen LogP contribution in [0.15, 0.2) is 42.5 Å². The zero-order valence-electron chi connectivity index (χ0n) is 20.2. The highest BCUT2D eigenvalue weighted by atomic mass is 16.5. The maximum Gasteiger partial charge on any atom is 0.342 e. The van der Waals surface area contributed by atoms with Gasteiger partial charge in [-0.15, -0.1) is 0 Å². The quantitative estimate of drug-likeness (QED) is 0.489. The third-order valence-electron chi connectivity index (χ3n) is 6.42. The van der Waals surface area contributed by atoms with E-state index in [0.717, 1.165) is 43.7 Å².